The Hall–Kier alpha value is -6.58. The first-order valence-corrected chi connectivity index (χ1v) is 16.7. The minimum atomic E-state index is -3.55. The van der Waals surface area contributed by atoms with Gasteiger partial charge in [0.05, 0.1) is 21.0 Å². The van der Waals surface area contributed by atoms with Crippen LogP contribution in [0.4, 0.5) is 0 Å². The van der Waals surface area contributed by atoms with Gasteiger partial charge in [-0.05, 0) is 87.0 Å². The van der Waals surface area contributed by atoms with Gasteiger partial charge in [0.25, 0.3) is 0 Å². The predicted molar refractivity (Wildman–Crippen MR) is 214 cm³/mol. The number of fused-ring (bicyclic) bond motifs is 6. The number of hydrogen-bond donors (Lipinski definition) is 0. The molecule has 0 N–H and O–H groups in total. The van der Waals surface area contributed by atoms with Crippen molar-refractivity contribution in [3.05, 3.63) is 181 Å². The van der Waals surface area contributed by atoms with Crippen LogP contribution in [0.2, 0.25) is 0 Å². The molecule has 0 saturated heterocycles. The van der Waals surface area contributed by atoms with Gasteiger partial charge in [0.1, 0.15) is 11.2 Å². The molecule has 0 atom stereocenters. The molecule has 9 aromatic rings. The fourth-order valence-corrected chi connectivity index (χ4v) is 7.12. The lowest BCUT2D eigenvalue weighted by atomic mass is 9.82. The van der Waals surface area contributed by atoms with Crippen molar-refractivity contribution in [2.75, 3.05) is 0 Å². The summed E-state index contributed by atoms with van der Waals surface area (Å²) in [5, 5.41) is 1.88. The number of hydrogen-bond acceptors (Lipinski definition) is 3. The molecule has 0 bridgehead atoms. The standard InChI is InChI=1S/C49H34N2O/c1-49(2)41-21-11-9-19-38(41)47-39(20-13-22-42(47)49)44-30-43(50-48(51-44)32-16-7-4-8-17-32)36-27-34(31-14-5-3-6-15-31)26-35(28-36)33-24-25-46-40(29-33)37-18-10-12-23-45(37)52-46/h3-30H,1-2H3/i1D3,2D3,9D,11D,13D,19D,20D,21D,22D. The van der Waals surface area contributed by atoms with E-state index in [2.05, 4.69) is 12.1 Å². The number of furan rings is 1. The Kier molecular flexibility index (Phi) is 4.46. The van der Waals surface area contributed by atoms with Crippen LogP contribution < -0.4 is 0 Å². The lowest BCUT2D eigenvalue weighted by Gasteiger charge is -2.21. The zero-order chi connectivity index (χ0) is 45.9. The fraction of sp³-hybridized carbons (Fsp3) is 0.0612. The number of para-hydroxylation sites is 1. The van der Waals surface area contributed by atoms with Gasteiger partial charge in [-0.15, -0.1) is 0 Å². The molecule has 7 aromatic carbocycles. The van der Waals surface area contributed by atoms with E-state index in [0.29, 0.717) is 16.8 Å². The summed E-state index contributed by atoms with van der Waals surface area (Å²) in [7, 11) is 0. The molecule has 1 aliphatic carbocycles. The zero-order valence-electron chi connectivity index (χ0n) is 40.4. The van der Waals surface area contributed by atoms with E-state index in [1.165, 1.54) is 0 Å². The van der Waals surface area contributed by atoms with Crippen LogP contribution in [-0.2, 0) is 5.41 Å². The van der Waals surface area contributed by atoms with Crippen molar-refractivity contribution in [1.29, 1.82) is 0 Å². The summed E-state index contributed by atoms with van der Waals surface area (Å²) in [4.78, 5) is 9.96. The molecule has 0 aliphatic heterocycles. The first-order chi connectivity index (χ1) is 30.9. The zero-order valence-corrected chi connectivity index (χ0v) is 27.4. The minimum Gasteiger partial charge on any atom is -0.456 e. The van der Waals surface area contributed by atoms with Gasteiger partial charge in [0.15, 0.2) is 5.82 Å². The van der Waals surface area contributed by atoms with Gasteiger partial charge < -0.3 is 4.42 Å². The second-order valence-electron chi connectivity index (χ2n) is 12.8. The van der Waals surface area contributed by atoms with Crippen LogP contribution in [0.15, 0.2) is 174 Å². The largest absolute Gasteiger partial charge is 0.456 e. The van der Waals surface area contributed by atoms with E-state index < -0.39 is 78.1 Å². The Bertz CT molecular complexity index is 3420. The molecular weight excluding hydrogens is 633 g/mol. The number of rotatable bonds is 5. The van der Waals surface area contributed by atoms with Gasteiger partial charge in [-0.1, -0.05) is 141 Å². The molecule has 0 unspecified atom stereocenters. The topological polar surface area (TPSA) is 38.9 Å². The summed E-state index contributed by atoms with van der Waals surface area (Å²) in [5.74, 6) is 0.150. The van der Waals surface area contributed by atoms with Crippen LogP contribution in [0.5, 0.6) is 0 Å². The van der Waals surface area contributed by atoms with Crippen LogP contribution in [0.3, 0.4) is 0 Å². The van der Waals surface area contributed by atoms with Gasteiger partial charge in [0.2, 0.25) is 0 Å². The van der Waals surface area contributed by atoms with E-state index in [1.54, 1.807) is 30.3 Å². The van der Waals surface area contributed by atoms with Gasteiger partial charge in [-0.3, -0.25) is 0 Å². The van der Waals surface area contributed by atoms with E-state index in [0.717, 1.165) is 44.2 Å². The van der Waals surface area contributed by atoms with Crippen molar-refractivity contribution < 1.29 is 22.2 Å². The maximum atomic E-state index is 9.45. The van der Waals surface area contributed by atoms with E-state index in [4.69, 9.17) is 29.5 Å². The lowest BCUT2D eigenvalue weighted by Crippen LogP contribution is -2.14. The quantitative estimate of drug-likeness (QED) is 0.182. The molecule has 0 amide bonds. The second-order valence-corrected chi connectivity index (χ2v) is 12.8. The van der Waals surface area contributed by atoms with Crippen molar-refractivity contribution in [3.63, 3.8) is 0 Å². The summed E-state index contributed by atoms with van der Waals surface area (Å²) in [5.41, 5.74) is 0.474. The Balaban J connectivity index is 1.31. The van der Waals surface area contributed by atoms with E-state index in [1.807, 2.05) is 84.9 Å². The van der Waals surface area contributed by atoms with Crippen LogP contribution in [-0.4, -0.2) is 9.97 Å². The number of nitrogens with zero attached hydrogens (tertiary/aromatic N) is 2. The van der Waals surface area contributed by atoms with Gasteiger partial charge >= 0.3 is 0 Å². The van der Waals surface area contributed by atoms with Crippen LogP contribution in [0, 0.1) is 0 Å². The SMILES string of the molecule is [2H]c1c([2H])c([2H])c2c(c1[2H])-c1c(-c3cc(-c4cc(-c5ccccc5)cc(-c5ccc6oc7ccccc7c6c5)c4)nc(-c4ccccc4)n3)c([2H])c([2H])c([2H])c1C2(C([2H])([2H])[2H])C([2H])([2H])[2H]. The highest BCUT2D eigenvalue weighted by atomic mass is 16.3. The highest BCUT2D eigenvalue weighted by molar-refractivity contribution is 6.06. The molecule has 0 spiro atoms. The van der Waals surface area contributed by atoms with Crippen LogP contribution in [0.25, 0.3) is 89.2 Å². The summed E-state index contributed by atoms with van der Waals surface area (Å²) in [6.07, 6.45) is 0. The first-order valence-electron chi connectivity index (χ1n) is 23.2. The molecule has 2 heterocycles. The third kappa shape index (κ3) is 4.89. The molecule has 246 valence electrons. The summed E-state index contributed by atoms with van der Waals surface area (Å²) in [6.45, 7) is -7.10. The van der Waals surface area contributed by atoms with Crippen molar-refractivity contribution in [2.24, 2.45) is 0 Å². The number of aromatic nitrogens is 2. The minimum absolute atomic E-state index is 0.0631. The third-order valence-electron chi connectivity index (χ3n) is 9.62. The fourth-order valence-electron chi connectivity index (χ4n) is 7.12. The highest BCUT2D eigenvalue weighted by Gasteiger charge is 2.36. The first kappa shape index (κ1) is 19.7. The van der Waals surface area contributed by atoms with Crippen LogP contribution >= 0.6 is 0 Å². The Morgan fingerprint density at radius 2 is 1.15 bits per heavy atom. The monoisotopic (exact) mass is 679 g/mol. The molecule has 10 rings (SSSR count). The van der Waals surface area contributed by atoms with Gasteiger partial charge in [0, 0.05) is 41.1 Å². The molecule has 2 aromatic heterocycles. The molecule has 52 heavy (non-hydrogen) atoms. The maximum Gasteiger partial charge on any atom is 0.160 e. The van der Waals surface area contributed by atoms with Crippen molar-refractivity contribution in [3.8, 4) is 67.3 Å². The average Bonchev–Trinajstić information content (AvgIpc) is 3.85. The van der Waals surface area contributed by atoms with Crippen molar-refractivity contribution in [2.45, 2.75) is 19.1 Å². The molecule has 1 aliphatic rings. The Labute approximate surface area is 321 Å². The van der Waals surface area contributed by atoms with Gasteiger partial charge in [-0.2, -0.15) is 0 Å². The van der Waals surface area contributed by atoms with E-state index in [-0.39, 0.29) is 22.6 Å². The summed E-state index contributed by atoms with van der Waals surface area (Å²) >= 11 is 0. The molecule has 0 fully saturated rings. The average molecular weight is 680 g/mol. The third-order valence-corrected chi connectivity index (χ3v) is 9.62. The summed E-state index contributed by atoms with van der Waals surface area (Å²) < 4.78 is 122. The number of benzene rings is 7. The second kappa shape index (κ2) is 11.8. The smallest absolute Gasteiger partial charge is 0.160 e. The molecule has 3 nitrogen and oxygen atoms in total. The Morgan fingerprint density at radius 3 is 1.98 bits per heavy atom. The maximum absolute atomic E-state index is 9.45. The normalized spacial score (nSPS) is 17.0. The lowest BCUT2D eigenvalue weighted by molar-refractivity contribution is 0.660. The summed E-state index contributed by atoms with van der Waals surface area (Å²) in [6, 6.07) is 34.3. The van der Waals surface area contributed by atoms with Crippen molar-refractivity contribution in [1.82, 2.24) is 9.97 Å². The van der Waals surface area contributed by atoms with E-state index in [9.17, 15) is 2.74 Å². The highest BCUT2D eigenvalue weighted by Crippen LogP contribution is 2.52. The molecule has 0 radical (unpaired) electrons. The molecule has 0 saturated carbocycles. The van der Waals surface area contributed by atoms with Crippen LogP contribution in [0.1, 0.15) is 42.7 Å². The predicted octanol–water partition coefficient (Wildman–Crippen LogP) is 13.0. The van der Waals surface area contributed by atoms with Crippen molar-refractivity contribution >= 4 is 21.9 Å². The molecule has 3 heteroatoms. The Morgan fingerprint density at radius 1 is 0.500 bits per heavy atom. The van der Waals surface area contributed by atoms with Gasteiger partial charge in [-0.25, -0.2) is 9.97 Å². The molecular formula is C49H34N2O. The van der Waals surface area contributed by atoms with E-state index >= 15 is 0 Å².